The molecule has 0 spiro atoms. The van der Waals surface area contributed by atoms with Crippen LogP contribution in [-0.2, 0) is 9.53 Å². The number of rotatable bonds is 5. The van der Waals surface area contributed by atoms with Gasteiger partial charge in [0, 0.05) is 10.3 Å². The van der Waals surface area contributed by atoms with Crippen LogP contribution in [0.2, 0.25) is 0 Å². The summed E-state index contributed by atoms with van der Waals surface area (Å²) in [6, 6.07) is 0. The van der Waals surface area contributed by atoms with Crippen LogP contribution in [0.4, 0.5) is 0 Å². The zero-order valence-electron chi connectivity index (χ0n) is 9.90. The van der Waals surface area contributed by atoms with Crippen LogP contribution >= 0.6 is 0 Å². The van der Waals surface area contributed by atoms with Gasteiger partial charge in [0.05, 0.1) is 13.0 Å². The first kappa shape index (κ1) is 12.9. The Balaban J connectivity index is 2.64. The monoisotopic (exact) mass is 229 g/mol. The average molecular weight is 229 g/mol. The van der Waals surface area contributed by atoms with E-state index >= 15 is 0 Å². The SMILES string of the molecule is CCOC(=O)CC1(C[N+](=O)[O-])CCC(C)C1. The molecule has 5 heteroatoms. The van der Waals surface area contributed by atoms with Crippen molar-refractivity contribution in [1.29, 1.82) is 0 Å². The molecule has 0 aliphatic heterocycles. The van der Waals surface area contributed by atoms with Gasteiger partial charge < -0.3 is 4.74 Å². The van der Waals surface area contributed by atoms with Crippen molar-refractivity contribution in [1.82, 2.24) is 0 Å². The Morgan fingerprint density at radius 1 is 1.62 bits per heavy atom. The predicted octanol–water partition coefficient (Wildman–Crippen LogP) is 2.02. The van der Waals surface area contributed by atoms with E-state index in [4.69, 9.17) is 4.74 Å². The lowest BCUT2D eigenvalue weighted by Crippen LogP contribution is -2.30. The molecule has 0 heterocycles. The van der Waals surface area contributed by atoms with Crippen molar-refractivity contribution in [2.45, 2.75) is 39.5 Å². The van der Waals surface area contributed by atoms with Gasteiger partial charge in [0.25, 0.3) is 0 Å². The molecular weight excluding hydrogens is 210 g/mol. The number of hydrogen-bond donors (Lipinski definition) is 0. The Kier molecular flexibility index (Phi) is 4.26. The third kappa shape index (κ3) is 3.47. The number of esters is 1. The summed E-state index contributed by atoms with van der Waals surface area (Å²) in [6.07, 6.45) is 2.67. The van der Waals surface area contributed by atoms with Crippen LogP contribution in [0, 0.1) is 21.4 Å². The summed E-state index contributed by atoms with van der Waals surface area (Å²) in [6.45, 7) is 4.04. The molecule has 5 nitrogen and oxygen atoms in total. The fourth-order valence-electron chi connectivity index (χ4n) is 2.65. The van der Waals surface area contributed by atoms with Crippen LogP contribution in [-0.4, -0.2) is 24.0 Å². The first-order valence-corrected chi connectivity index (χ1v) is 5.75. The first-order chi connectivity index (χ1) is 7.47. The zero-order chi connectivity index (χ0) is 12.2. The number of nitro groups is 1. The molecule has 1 fully saturated rings. The normalized spacial score (nSPS) is 29.0. The van der Waals surface area contributed by atoms with Gasteiger partial charge >= 0.3 is 5.97 Å². The molecule has 0 amide bonds. The van der Waals surface area contributed by atoms with Crippen molar-refractivity contribution < 1.29 is 14.5 Å². The van der Waals surface area contributed by atoms with Gasteiger partial charge in [0.2, 0.25) is 6.54 Å². The highest BCUT2D eigenvalue weighted by molar-refractivity contribution is 5.70. The van der Waals surface area contributed by atoms with E-state index in [1.54, 1.807) is 6.92 Å². The molecule has 2 unspecified atom stereocenters. The van der Waals surface area contributed by atoms with Crippen molar-refractivity contribution in [3.05, 3.63) is 10.1 Å². The molecule has 1 aliphatic rings. The Labute approximate surface area is 95.3 Å². The lowest BCUT2D eigenvalue weighted by Gasteiger charge is -2.23. The van der Waals surface area contributed by atoms with Crippen LogP contribution < -0.4 is 0 Å². The first-order valence-electron chi connectivity index (χ1n) is 5.75. The second-order valence-corrected chi connectivity index (χ2v) is 4.82. The van der Waals surface area contributed by atoms with Gasteiger partial charge in [-0.15, -0.1) is 0 Å². The van der Waals surface area contributed by atoms with Gasteiger partial charge in [0.15, 0.2) is 0 Å². The minimum atomic E-state index is -0.463. The molecule has 2 atom stereocenters. The van der Waals surface area contributed by atoms with Crippen molar-refractivity contribution in [3.8, 4) is 0 Å². The number of carbonyl (C=O) groups is 1. The van der Waals surface area contributed by atoms with E-state index in [0.717, 1.165) is 19.3 Å². The molecule has 1 rings (SSSR count). The van der Waals surface area contributed by atoms with Crippen LogP contribution in [0.15, 0.2) is 0 Å². The van der Waals surface area contributed by atoms with Crippen molar-refractivity contribution in [2.75, 3.05) is 13.2 Å². The predicted molar refractivity (Wildman–Crippen MR) is 58.6 cm³/mol. The summed E-state index contributed by atoms with van der Waals surface area (Å²) >= 11 is 0. The van der Waals surface area contributed by atoms with Crippen molar-refractivity contribution >= 4 is 5.97 Å². The largest absolute Gasteiger partial charge is 0.466 e. The number of nitrogens with zero attached hydrogens (tertiary/aromatic N) is 1. The van der Waals surface area contributed by atoms with Crippen LogP contribution in [0.3, 0.4) is 0 Å². The summed E-state index contributed by atoms with van der Waals surface area (Å²) in [5, 5.41) is 10.7. The van der Waals surface area contributed by atoms with Gasteiger partial charge in [-0.2, -0.15) is 0 Å². The van der Waals surface area contributed by atoms with Gasteiger partial charge in [-0.1, -0.05) is 6.92 Å². The second kappa shape index (κ2) is 5.27. The Hall–Kier alpha value is -1.13. The molecule has 0 aromatic heterocycles. The third-order valence-electron chi connectivity index (χ3n) is 3.24. The Bertz CT molecular complexity index is 279. The molecule has 0 saturated heterocycles. The van der Waals surface area contributed by atoms with Crippen LogP contribution in [0.25, 0.3) is 0 Å². The molecular formula is C11H19NO4. The smallest absolute Gasteiger partial charge is 0.306 e. The highest BCUT2D eigenvalue weighted by Gasteiger charge is 2.43. The Morgan fingerprint density at radius 3 is 2.75 bits per heavy atom. The van der Waals surface area contributed by atoms with E-state index in [1.165, 1.54) is 0 Å². The van der Waals surface area contributed by atoms with Gasteiger partial charge in [0.1, 0.15) is 0 Å². The van der Waals surface area contributed by atoms with E-state index in [2.05, 4.69) is 6.92 Å². The van der Waals surface area contributed by atoms with E-state index in [0.29, 0.717) is 12.5 Å². The molecule has 1 aliphatic carbocycles. The summed E-state index contributed by atoms with van der Waals surface area (Å²) in [4.78, 5) is 21.8. The summed E-state index contributed by atoms with van der Waals surface area (Å²) in [5.74, 6) is 0.160. The minimum Gasteiger partial charge on any atom is -0.466 e. The second-order valence-electron chi connectivity index (χ2n) is 4.82. The van der Waals surface area contributed by atoms with E-state index in [1.807, 2.05) is 0 Å². The number of ether oxygens (including phenoxy) is 1. The van der Waals surface area contributed by atoms with E-state index in [-0.39, 0.29) is 23.9 Å². The zero-order valence-corrected chi connectivity index (χ0v) is 9.90. The quantitative estimate of drug-likeness (QED) is 0.411. The molecule has 0 bridgehead atoms. The molecule has 16 heavy (non-hydrogen) atoms. The van der Waals surface area contributed by atoms with Gasteiger partial charge in [-0.05, 0) is 32.1 Å². The van der Waals surface area contributed by atoms with Crippen LogP contribution in [0.1, 0.15) is 39.5 Å². The standard InChI is InChI=1S/C11H19NO4/c1-3-16-10(13)7-11(8-12(14)15)5-4-9(2)6-11/h9H,3-8H2,1-2H3. The maximum atomic E-state index is 11.4. The maximum Gasteiger partial charge on any atom is 0.306 e. The fourth-order valence-corrected chi connectivity index (χ4v) is 2.65. The topological polar surface area (TPSA) is 69.4 Å². The van der Waals surface area contributed by atoms with Gasteiger partial charge in [-0.25, -0.2) is 0 Å². The highest BCUT2D eigenvalue weighted by Crippen LogP contribution is 2.44. The van der Waals surface area contributed by atoms with E-state index in [9.17, 15) is 14.9 Å². The van der Waals surface area contributed by atoms with Crippen molar-refractivity contribution in [2.24, 2.45) is 11.3 Å². The molecule has 1 saturated carbocycles. The van der Waals surface area contributed by atoms with Crippen LogP contribution in [0.5, 0.6) is 0 Å². The summed E-state index contributed by atoms with van der Waals surface area (Å²) in [5.41, 5.74) is -0.463. The lowest BCUT2D eigenvalue weighted by molar-refractivity contribution is -0.497. The third-order valence-corrected chi connectivity index (χ3v) is 3.24. The average Bonchev–Trinajstić information content (AvgIpc) is 2.46. The number of hydrogen-bond acceptors (Lipinski definition) is 4. The number of carbonyl (C=O) groups excluding carboxylic acids is 1. The molecule has 0 N–H and O–H groups in total. The lowest BCUT2D eigenvalue weighted by atomic mass is 9.82. The summed E-state index contributed by atoms with van der Waals surface area (Å²) in [7, 11) is 0. The molecule has 0 radical (unpaired) electrons. The molecule has 92 valence electrons. The summed E-state index contributed by atoms with van der Waals surface area (Å²) < 4.78 is 4.88. The van der Waals surface area contributed by atoms with Gasteiger partial charge in [-0.3, -0.25) is 14.9 Å². The molecule has 0 aromatic carbocycles. The van der Waals surface area contributed by atoms with Crippen molar-refractivity contribution in [3.63, 3.8) is 0 Å². The minimum absolute atomic E-state index is 0.115. The molecule has 0 aromatic rings. The van der Waals surface area contributed by atoms with E-state index < -0.39 is 5.41 Å². The maximum absolute atomic E-state index is 11.4. The highest BCUT2D eigenvalue weighted by atomic mass is 16.6. The fraction of sp³-hybridized carbons (Fsp3) is 0.909. The Morgan fingerprint density at radius 2 is 2.31 bits per heavy atom.